The van der Waals surface area contributed by atoms with E-state index in [-0.39, 0.29) is 5.75 Å². The first-order valence-corrected chi connectivity index (χ1v) is 14.0. The zero-order valence-electron chi connectivity index (χ0n) is 18.2. The van der Waals surface area contributed by atoms with E-state index in [1.165, 1.54) is 41.3 Å². The monoisotopic (exact) mass is 487 g/mol. The Hall–Kier alpha value is -1.97. The van der Waals surface area contributed by atoms with Crippen molar-refractivity contribution in [1.29, 1.82) is 0 Å². The highest BCUT2D eigenvalue weighted by Crippen LogP contribution is 2.37. The molecule has 32 heavy (non-hydrogen) atoms. The molecule has 4 rings (SSSR count). The van der Waals surface area contributed by atoms with Gasteiger partial charge in [-0.1, -0.05) is 35.6 Å². The molecule has 2 aromatic carbocycles. The summed E-state index contributed by atoms with van der Waals surface area (Å²) in [6, 6.07) is 16.8. The SMILES string of the molecule is CC[n+]1c(C=CC(C)=C2Sc3ccccc3[NH+]2CCCCS(=O)(=O)[O-])sc2ccccc21. The number of nitrogens with zero attached hydrogens (tertiary/aromatic N) is 1. The second kappa shape index (κ2) is 9.89. The summed E-state index contributed by atoms with van der Waals surface area (Å²) in [6.45, 7) is 5.98. The summed E-state index contributed by atoms with van der Waals surface area (Å²) < 4.78 is 36.5. The molecule has 1 aliphatic heterocycles. The number of quaternary nitrogens is 1. The number of thiazole rings is 1. The molecule has 8 heteroatoms. The third kappa shape index (κ3) is 5.15. The molecule has 0 spiro atoms. The van der Waals surface area contributed by atoms with Crippen LogP contribution in [0.5, 0.6) is 0 Å². The summed E-state index contributed by atoms with van der Waals surface area (Å²) in [4.78, 5) is 2.47. The molecule has 0 saturated heterocycles. The van der Waals surface area contributed by atoms with Crippen LogP contribution in [0, 0.1) is 0 Å². The predicted octanol–water partition coefficient (Wildman–Crippen LogP) is 4.10. The third-order valence-corrected chi connectivity index (χ3v) is 8.82. The summed E-state index contributed by atoms with van der Waals surface area (Å²) >= 11 is 3.57. The number of hydrogen-bond acceptors (Lipinski definition) is 5. The van der Waals surface area contributed by atoms with Gasteiger partial charge in [-0.3, -0.25) is 4.90 Å². The minimum atomic E-state index is -4.16. The highest BCUT2D eigenvalue weighted by Gasteiger charge is 2.32. The summed E-state index contributed by atoms with van der Waals surface area (Å²) in [5.74, 6) is -0.296. The topological polar surface area (TPSA) is 65.5 Å². The summed E-state index contributed by atoms with van der Waals surface area (Å²) in [5, 5.41) is 2.45. The Labute approximate surface area is 197 Å². The molecule has 0 fully saturated rings. The van der Waals surface area contributed by atoms with Crippen molar-refractivity contribution in [3.05, 3.63) is 70.2 Å². The fraction of sp³-hybridized carbons (Fsp3) is 0.292. The van der Waals surface area contributed by atoms with E-state index in [1.807, 2.05) is 12.1 Å². The molecule has 0 aliphatic carbocycles. The minimum absolute atomic E-state index is 0.296. The molecule has 1 unspecified atom stereocenters. The molecule has 168 valence electrons. The van der Waals surface area contributed by atoms with Gasteiger partial charge in [0, 0.05) is 29.5 Å². The van der Waals surface area contributed by atoms with Crippen LogP contribution in [0.15, 0.2) is 70.1 Å². The van der Waals surface area contributed by atoms with E-state index in [1.54, 1.807) is 23.1 Å². The van der Waals surface area contributed by atoms with E-state index < -0.39 is 10.1 Å². The summed E-state index contributed by atoms with van der Waals surface area (Å²) in [6.07, 6.45) is 5.45. The fourth-order valence-electron chi connectivity index (χ4n) is 4.02. The van der Waals surface area contributed by atoms with Crippen LogP contribution < -0.4 is 9.47 Å². The van der Waals surface area contributed by atoms with Gasteiger partial charge >= 0.3 is 0 Å². The largest absolute Gasteiger partial charge is 0.748 e. The van der Waals surface area contributed by atoms with Crippen molar-refractivity contribution in [3.8, 4) is 0 Å². The summed E-state index contributed by atoms with van der Waals surface area (Å²) in [7, 11) is -4.16. The Kier molecular flexibility index (Phi) is 7.17. The maximum Gasteiger partial charge on any atom is 0.262 e. The second-order valence-electron chi connectivity index (χ2n) is 7.79. The van der Waals surface area contributed by atoms with Gasteiger partial charge in [-0.2, -0.15) is 4.57 Å². The number of aryl methyl sites for hydroxylation is 1. The number of benzene rings is 2. The van der Waals surface area contributed by atoms with Crippen LogP contribution in [0.3, 0.4) is 0 Å². The zero-order chi connectivity index (χ0) is 22.7. The Bertz CT molecular complexity index is 1290. The lowest BCUT2D eigenvalue weighted by Gasteiger charge is -2.15. The van der Waals surface area contributed by atoms with E-state index in [9.17, 15) is 13.0 Å². The number of aromatic nitrogens is 1. The smallest absolute Gasteiger partial charge is 0.262 e. The standard InChI is InChI=1S/C24H26N2O3S3/c1-3-25-19-10-4-6-12-21(19)30-23(25)15-14-18(2)24-26(16-8-9-17-32(27,28)29)20-11-5-7-13-22(20)31-24/h4-7,10-15H,3,8-9,16-17H2,1-2H3/p+1. The average molecular weight is 488 g/mol. The molecule has 2 heterocycles. The van der Waals surface area contributed by atoms with Crippen molar-refractivity contribution in [1.82, 2.24) is 0 Å². The molecule has 1 aliphatic rings. The van der Waals surface area contributed by atoms with Crippen LogP contribution in [0.1, 0.15) is 31.7 Å². The molecule has 1 N–H and O–H groups in total. The van der Waals surface area contributed by atoms with E-state index >= 15 is 0 Å². The third-order valence-electron chi connectivity index (χ3n) is 5.56. The second-order valence-corrected chi connectivity index (χ2v) is 11.4. The van der Waals surface area contributed by atoms with Crippen molar-refractivity contribution in [2.24, 2.45) is 0 Å². The number of thioether (sulfide) groups is 1. The number of fused-ring (bicyclic) bond motifs is 2. The van der Waals surface area contributed by atoms with Crippen LogP contribution >= 0.6 is 23.1 Å². The molecule has 0 amide bonds. The van der Waals surface area contributed by atoms with Crippen LogP contribution in [-0.2, 0) is 16.7 Å². The lowest BCUT2D eigenvalue weighted by molar-refractivity contribution is -0.781. The Balaban J connectivity index is 1.60. The van der Waals surface area contributed by atoms with Gasteiger partial charge in [0.25, 0.3) is 5.01 Å². The number of unbranched alkanes of at least 4 members (excludes halogenated alkanes) is 1. The Morgan fingerprint density at radius 3 is 2.66 bits per heavy atom. The van der Waals surface area contributed by atoms with Crippen molar-refractivity contribution >= 4 is 55.2 Å². The van der Waals surface area contributed by atoms with Gasteiger partial charge in [-0.25, -0.2) is 8.42 Å². The van der Waals surface area contributed by atoms with Gasteiger partial charge in [-0.15, -0.1) is 0 Å². The molecular formula is C24H27N2O3S3+. The van der Waals surface area contributed by atoms with E-state index in [0.29, 0.717) is 12.8 Å². The lowest BCUT2D eigenvalue weighted by atomic mass is 10.2. The van der Waals surface area contributed by atoms with Crippen molar-refractivity contribution in [3.63, 3.8) is 0 Å². The number of hydrogen-bond donors (Lipinski definition) is 1. The molecule has 0 saturated carbocycles. The fourth-order valence-corrected chi connectivity index (χ4v) is 6.94. The van der Waals surface area contributed by atoms with Crippen LogP contribution in [0.25, 0.3) is 16.3 Å². The predicted molar refractivity (Wildman–Crippen MR) is 131 cm³/mol. The normalized spacial score (nSPS) is 17.9. The summed E-state index contributed by atoms with van der Waals surface area (Å²) in [5.41, 5.74) is 3.67. The quantitative estimate of drug-likeness (QED) is 0.295. The highest BCUT2D eigenvalue weighted by atomic mass is 32.2. The maximum atomic E-state index is 10.9. The van der Waals surface area contributed by atoms with E-state index in [2.05, 4.69) is 67.0 Å². The lowest BCUT2D eigenvalue weighted by Crippen LogP contribution is -3.03. The first-order valence-electron chi connectivity index (χ1n) is 10.7. The number of allylic oxidation sites excluding steroid dienone is 2. The molecule has 1 aromatic heterocycles. The van der Waals surface area contributed by atoms with Crippen molar-refractivity contribution in [2.45, 2.75) is 38.1 Å². The molecule has 0 bridgehead atoms. The van der Waals surface area contributed by atoms with Crippen molar-refractivity contribution in [2.75, 3.05) is 12.3 Å². The number of nitrogens with one attached hydrogen (secondary N) is 1. The average Bonchev–Trinajstić information content (AvgIpc) is 3.32. The zero-order valence-corrected chi connectivity index (χ0v) is 20.7. The number of para-hydroxylation sites is 2. The van der Waals surface area contributed by atoms with Crippen LogP contribution in [0.2, 0.25) is 0 Å². The van der Waals surface area contributed by atoms with Gasteiger partial charge in [0.15, 0.2) is 10.7 Å². The van der Waals surface area contributed by atoms with Crippen LogP contribution in [-0.4, -0.2) is 25.3 Å². The van der Waals surface area contributed by atoms with Gasteiger partial charge in [0.1, 0.15) is 11.2 Å². The first kappa shape index (κ1) is 23.2. The minimum Gasteiger partial charge on any atom is -0.748 e. The molecule has 5 nitrogen and oxygen atoms in total. The van der Waals surface area contributed by atoms with Crippen molar-refractivity contribution < 1.29 is 22.4 Å². The molecule has 0 radical (unpaired) electrons. The van der Waals surface area contributed by atoms with Gasteiger partial charge in [0.2, 0.25) is 5.52 Å². The number of rotatable bonds is 8. The van der Waals surface area contributed by atoms with E-state index in [0.717, 1.165) is 13.1 Å². The molecular weight excluding hydrogens is 460 g/mol. The van der Waals surface area contributed by atoms with Gasteiger partial charge < -0.3 is 4.55 Å². The molecule has 3 aromatic rings. The van der Waals surface area contributed by atoms with Crippen LogP contribution in [0.4, 0.5) is 5.69 Å². The maximum absolute atomic E-state index is 10.9. The van der Waals surface area contributed by atoms with Gasteiger partial charge in [0.05, 0.1) is 21.6 Å². The Morgan fingerprint density at radius 1 is 1.12 bits per heavy atom. The highest BCUT2D eigenvalue weighted by molar-refractivity contribution is 8.03. The Morgan fingerprint density at radius 2 is 1.88 bits per heavy atom. The first-order chi connectivity index (χ1) is 15.4. The van der Waals surface area contributed by atoms with E-state index in [4.69, 9.17) is 0 Å². The van der Waals surface area contributed by atoms with Gasteiger partial charge in [-0.05, 0) is 56.7 Å². The molecule has 1 atom stereocenters.